The van der Waals surface area contributed by atoms with E-state index in [2.05, 4.69) is 10.6 Å². The van der Waals surface area contributed by atoms with E-state index in [0.29, 0.717) is 34.5 Å². The molecule has 0 aliphatic heterocycles. The van der Waals surface area contributed by atoms with Gasteiger partial charge < -0.3 is 15.4 Å². The highest BCUT2D eigenvalue weighted by Gasteiger charge is 2.22. The molecule has 6 nitrogen and oxygen atoms in total. The minimum atomic E-state index is -4.50. The van der Waals surface area contributed by atoms with Crippen LogP contribution in [-0.2, 0) is 10.1 Å². The van der Waals surface area contributed by atoms with Gasteiger partial charge in [0, 0.05) is 27.8 Å². The van der Waals surface area contributed by atoms with E-state index in [1.54, 1.807) is 12.1 Å². The van der Waals surface area contributed by atoms with E-state index < -0.39 is 10.1 Å². The van der Waals surface area contributed by atoms with Crippen molar-refractivity contribution in [2.45, 2.75) is 25.2 Å². The number of anilines is 4. The summed E-state index contributed by atoms with van der Waals surface area (Å²) in [7, 11) is -4.50. The quantitative estimate of drug-likeness (QED) is 0.253. The van der Waals surface area contributed by atoms with Crippen LogP contribution in [0.1, 0.15) is 18.9 Å². The summed E-state index contributed by atoms with van der Waals surface area (Å²) in [5.74, 6) is 0.506. The molecule has 33 heavy (non-hydrogen) atoms. The highest BCUT2D eigenvalue weighted by Crippen LogP contribution is 2.42. The Labute approximate surface area is 194 Å². The predicted octanol–water partition coefficient (Wildman–Crippen LogP) is 6.67. The lowest BCUT2D eigenvalue weighted by Crippen LogP contribution is -2.05. The number of aryl methyl sites for hydroxylation is 1. The molecule has 0 fully saturated rings. The summed E-state index contributed by atoms with van der Waals surface area (Å²) < 4.78 is 40.7. The number of hydrogen-bond donors (Lipinski definition) is 3. The van der Waals surface area contributed by atoms with Crippen LogP contribution >= 0.6 is 0 Å². The van der Waals surface area contributed by atoms with Gasteiger partial charge in [-0.1, -0.05) is 42.8 Å². The van der Waals surface area contributed by atoms with Crippen LogP contribution < -0.4 is 15.4 Å². The summed E-state index contributed by atoms with van der Waals surface area (Å²) in [6, 6.07) is 24.0. The van der Waals surface area contributed by atoms with E-state index >= 15 is 0 Å². The van der Waals surface area contributed by atoms with Crippen molar-refractivity contribution in [1.29, 1.82) is 0 Å². The maximum Gasteiger partial charge on any atom is 0.295 e. The van der Waals surface area contributed by atoms with Crippen LogP contribution in [0.5, 0.6) is 5.75 Å². The van der Waals surface area contributed by atoms with Crippen LogP contribution in [0.15, 0.2) is 83.8 Å². The molecule has 0 bridgehead atoms. The number of rotatable bonds is 8. The smallest absolute Gasteiger partial charge is 0.295 e. The standard InChI is InChI=1S/C26H26N2O4S/c1-3-17-32-23-15-13-21-22(27-19-7-5-4-6-8-19)14-16-24(33(29,30)31)25(21)26(23)28-20-11-9-18(2)10-12-20/h4-16,27-28H,3,17H2,1-2H3,(H,29,30,31). The number of nitrogens with one attached hydrogen (secondary N) is 2. The van der Waals surface area contributed by atoms with Gasteiger partial charge in [0.05, 0.1) is 12.3 Å². The van der Waals surface area contributed by atoms with Gasteiger partial charge in [-0.25, -0.2) is 0 Å². The molecule has 0 saturated heterocycles. The predicted molar refractivity (Wildman–Crippen MR) is 134 cm³/mol. The molecule has 0 unspecified atom stereocenters. The number of fused-ring (bicyclic) bond motifs is 1. The van der Waals surface area contributed by atoms with Crippen LogP contribution in [0.25, 0.3) is 10.8 Å². The third-order valence-corrected chi connectivity index (χ3v) is 6.11. The third-order valence-electron chi connectivity index (χ3n) is 5.22. The SMILES string of the molecule is CCCOc1ccc2c(Nc3ccccc3)ccc(S(=O)(=O)O)c2c1Nc1ccc(C)cc1. The van der Waals surface area contributed by atoms with Gasteiger partial charge in [0.1, 0.15) is 10.6 Å². The van der Waals surface area contributed by atoms with Crippen LogP contribution in [0.4, 0.5) is 22.7 Å². The van der Waals surface area contributed by atoms with E-state index in [9.17, 15) is 13.0 Å². The Balaban J connectivity index is 1.96. The number of ether oxygens (including phenoxy) is 1. The Kier molecular flexibility index (Phi) is 6.53. The molecule has 3 N–H and O–H groups in total. The Morgan fingerprint density at radius 1 is 0.848 bits per heavy atom. The van der Waals surface area contributed by atoms with Gasteiger partial charge >= 0.3 is 0 Å². The monoisotopic (exact) mass is 462 g/mol. The molecule has 0 amide bonds. The first kappa shape index (κ1) is 22.6. The average molecular weight is 463 g/mol. The maximum atomic E-state index is 12.4. The van der Waals surface area contributed by atoms with Crippen LogP contribution in [0, 0.1) is 6.92 Å². The van der Waals surface area contributed by atoms with Crippen LogP contribution in [0.3, 0.4) is 0 Å². The zero-order chi connectivity index (χ0) is 23.4. The molecular weight excluding hydrogens is 436 g/mol. The molecule has 0 aliphatic rings. The lowest BCUT2D eigenvalue weighted by molar-refractivity contribution is 0.319. The number of benzene rings is 4. The normalized spacial score (nSPS) is 11.4. The summed E-state index contributed by atoms with van der Waals surface area (Å²) in [5, 5.41) is 7.65. The van der Waals surface area contributed by atoms with E-state index in [1.165, 1.54) is 6.07 Å². The molecular formula is C26H26N2O4S. The summed E-state index contributed by atoms with van der Waals surface area (Å²) in [4.78, 5) is -0.187. The van der Waals surface area contributed by atoms with Gasteiger partial charge in [-0.2, -0.15) is 8.42 Å². The molecule has 0 atom stereocenters. The molecule has 0 aliphatic carbocycles. The average Bonchev–Trinajstić information content (AvgIpc) is 2.80. The first-order valence-corrected chi connectivity index (χ1v) is 12.2. The Bertz CT molecular complexity index is 1370. The van der Waals surface area contributed by atoms with E-state index in [4.69, 9.17) is 4.74 Å². The van der Waals surface area contributed by atoms with Crippen molar-refractivity contribution in [3.8, 4) is 5.75 Å². The van der Waals surface area contributed by atoms with Crippen LogP contribution in [-0.4, -0.2) is 19.6 Å². The lowest BCUT2D eigenvalue weighted by Gasteiger charge is -2.19. The first-order chi connectivity index (χ1) is 15.9. The van der Waals surface area contributed by atoms with Crippen molar-refractivity contribution >= 4 is 43.6 Å². The van der Waals surface area contributed by atoms with E-state index in [1.807, 2.05) is 74.5 Å². The molecule has 0 radical (unpaired) electrons. The molecule has 0 saturated carbocycles. The second kappa shape index (κ2) is 9.52. The summed E-state index contributed by atoms with van der Waals surface area (Å²) in [5.41, 5.74) is 3.93. The fraction of sp³-hybridized carbons (Fsp3) is 0.154. The third kappa shape index (κ3) is 5.10. The van der Waals surface area contributed by atoms with Crippen molar-refractivity contribution in [3.05, 3.63) is 84.4 Å². The highest BCUT2D eigenvalue weighted by molar-refractivity contribution is 7.86. The van der Waals surface area contributed by atoms with Crippen molar-refractivity contribution in [2.24, 2.45) is 0 Å². The minimum Gasteiger partial charge on any atom is -0.491 e. The second-order valence-corrected chi connectivity index (χ2v) is 9.17. The zero-order valence-corrected chi connectivity index (χ0v) is 19.3. The number of para-hydroxylation sites is 1. The molecule has 7 heteroatoms. The minimum absolute atomic E-state index is 0.187. The van der Waals surface area contributed by atoms with Gasteiger partial charge in [-0.15, -0.1) is 0 Å². The van der Waals surface area contributed by atoms with Crippen LogP contribution in [0.2, 0.25) is 0 Å². The molecule has 0 spiro atoms. The Morgan fingerprint density at radius 3 is 2.21 bits per heavy atom. The van der Waals surface area contributed by atoms with Crippen molar-refractivity contribution < 1.29 is 17.7 Å². The zero-order valence-electron chi connectivity index (χ0n) is 18.5. The lowest BCUT2D eigenvalue weighted by atomic mass is 10.0. The number of hydrogen-bond acceptors (Lipinski definition) is 5. The van der Waals surface area contributed by atoms with Gasteiger partial charge in [0.25, 0.3) is 10.1 Å². The van der Waals surface area contributed by atoms with E-state index in [0.717, 1.165) is 23.4 Å². The molecule has 4 aromatic rings. The first-order valence-electron chi connectivity index (χ1n) is 10.7. The second-order valence-electron chi connectivity index (χ2n) is 7.78. The molecule has 0 heterocycles. The Hall–Kier alpha value is -3.55. The maximum absolute atomic E-state index is 12.4. The summed E-state index contributed by atoms with van der Waals surface area (Å²) in [6.07, 6.45) is 0.794. The van der Waals surface area contributed by atoms with Gasteiger partial charge in [-0.05, 0) is 61.9 Å². The molecule has 4 rings (SSSR count). The largest absolute Gasteiger partial charge is 0.491 e. The van der Waals surface area contributed by atoms with Gasteiger partial charge in [-0.3, -0.25) is 4.55 Å². The fourth-order valence-corrected chi connectivity index (χ4v) is 4.34. The molecule has 4 aromatic carbocycles. The molecule has 170 valence electrons. The van der Waals surface area contributed by atoms with Gasteiger partial charge in [0.2, 0.25) is 0 Å². The topological polar surface area (TPSA) is 87.7 Å². The van der Waals surface area contributed by atoms with Crippen molar-refractivity contribution in [1.82, 2.24) is 0 Å². The van der Waals surface area contributed by atoms with Gasteiger partial charge in [0.15, 0.2) is 0 Å². The highest BCUT2D eigenvalue weighted by atomic mass is 32.2. The fourth-order valence-electron chi connectivity index (χ4n) is 3.63. The Morgan fingerprint density at radius 2 is 1.55 bits per heavy atom. The van der Waals surface area contributed by atoms with Crippen molar-refractivity contribution in [2.75, 3.05) is 17.2 Å². The summed E-state index contributed by atoms with van der Waals surface area (Å²) >= 11 is 0. The summed E-state index contributed by atoms with van der Waals surface area (Å²) in [6.45, 7) is 4.46. The van der Waals surface area contributed by atoms with Crippen molar-refractivity contribution in [3.63, 3.8) is 0 Å². The molecule has 0 aromatic heterocycles. The van der Waals surface area contributed by atoms with E-state index in [-0.39, 0.29) is 4.90 Å².